The van der Waals surface area contributed by atoms with Gasteiger partial charge in [-0.3, -0.25) is 9.69 Å². The maximum atomic E-state index is 13.3. The zero-order chi connectivity index (χ0) is 17.7. The Labute approximate surface area is 156 Å². The molecule has 0 unspecified atom stereocenters. The molecule has 4 bridgehead atoms. The lowest BCUT2D eigenvalue weighted by atomic mass is 9.49. The molecule has 1 saturated heterocycles. The van der Waals surface area contributed by atoms with Crippen molar-refractivity contribution in [1.82, 2.24) is 10.2 Å². The molecule has 4 aliphatic carbocycles. The van der Waals surface area contributed by atoms with Gasteiger partial charge in [0.25, 0.3) is 0 Å². The van der Waals surface area contributed by atoms with Crippen LogP contribution in [0, 0.1) is 30.1 Å². The van der Waals surface area contributed by atoms with Crippen LogP contribution in [0.15, 0.2) is 16.5 Å². The Balaban J connectivity index is 1.29. The summed E-state index contributed by atoms with van der Waals surface area (Å²) in [4.78, 5) is 15.8. The number of nitrogens with one attached hydrogen (secondary N) is 1. The van der Waals surface area contributed by atoms with Crippen LogP contribution in [0.4, 0.5) is 0 Å². The minimum Gasteiger partial charge on any atom is -0.465 e. The molecule has 1 aromatic heterocycles. The number of hydrogen-bond acceptors (Lipinski definition) is 3. The van der Waals surface area contributed by atoms with E-state index >= 15 is 0 Å². The average Bonchev–Trinajstić information content (AvgIpc) is 3.26. The van der Waals surface area contributed by atoms with Gasteiger partial charge in [0.15, 0.2) is 0 Å². The van der Waals surface area contributed by atoms with Gasteiger partial charge < -0.3 is 9.73 Å². The van der Waals surface area contributed by atoms with Crippen LogP contribution in [0.25, 0.3) is 0 Å². The second kappa shape index (κ2) is 6.40. The highest BCUT2D eigenvalue weighted by Gasteiger charge is 2.54. The van der Waals surface area contributed by atoms with E-state index in [4.69, 9.17) is 4.42 Å². The molecule has 5 fully saturated rings. The van der Waals surface area contributed by atoms with Crippen molar-refractivity contribution < 1.29 is 9.21 Å². The van der Waals surface area contributed by atoms with Crippen molar-refractivity contribution in [3.8, 4) is 0 Å². The van der Waals surface area contributed by atoms with Gasteiger partial charge >= 0.3 is 0 Å². The molecule has 4 heteroatoms. The lowest BCUT2D eigenvalue weighted by Gasteiger charge is -2.55. The van der Waals surface area contributed by atoms with Crippen LogP contribution in [0.5, 0.6) is 0 Å². The van der Waals surface area contributed by atoms with Crippen molar-refractivity contribution in [2.24, 2.45) is 23.2 Å². The predicted molar refractivity (Wildman–Crippen MR) is 101 cm³/mol. The molecule has 0 spiro atoms. The van der Waals surface area contributed by atoms with Gasteiger partial charge in [-0.15, -0.1) is 0 Å². The second-order valence-corrected chi connectivity index (χ2v) is 9.62. The molecule has 4 nitrogen and oxygen atoms in total. The number of carbonyl (C=O) groups excluding carboxylic acids is 1. The van der Waals surface area contributed by atoms with E-state index < -0.39 is 0 Å². The number of rotatable bonds is 5. The zero-order valence-corrected chi connectivity index (χ0v) is 16.0. The van der Waals surface area contributed by atoms with E-state index in [1.807, 2.05) is 13.0 Å². The van der Waals surface area contributed by atoms with Crippen LogP contribution in [-0.4, -0.2) is 30.4 Å². The van der Waals surface area contributed by atoms with Gasteiger partial charge in [-0.1, -0.05) is 0 Å². The van der Waals surface area contributed by atoms with E-state index in [0.717, 1.165) is 61.6 Å². The number of aryl methyl sites for hydroxylation is 1. The summed E-state index contributed by atoms with van der Waals surface area (Å²) in [6.07, 6.45) is 10.1. The third kappa shape index (κ3) is 2.90. The number of furan rings is 1. The Morgan fingerprint density at radius 3 is 2.31 bits per heavy atom. The van der Waals surface area contributed by atoms with Gasteiger partial charge in [-0.2, -0.15) is 0 Å². The van der Waals surface area contributed by atoms with Gasteiger partial charge in [0.2, 0.25) is 5.91 Å². The van der Waals surface area contributed by atoms with Crippen molar-refractivity contribution in [2.45, 2.75) is 64.3 Å². The van der Waals surface area contributed by atoms with Crippen LogP contribution in [0.3, 0.4) is 0 Å². The van der Waals surface area contributed by atoms with Crippen molar-refractivity contribution in [1.29, 1.82) is 0 Å². The first kappa shape index (κ1) is 16.9. The first-order valence-corrected chi connectivity index (χ1v) is 10.7. The van der Waals surface area contributed by atoms with Crippen molar-refractivity contribution in [3.63, 3.8) is 0 Å². The molecule has 4 saturated carbocycles. The molecule has 6 rings (SSSR count). The fourth-order valence-corrected chi connectivity index (χ4v) is 6.86. The standard InChI is InChI=1S/C22H32N2O2/c1-15-4-5-20(26-15)19(24-6-2-3-7-24)14-23-21(25)22-11-16-8-17(12-22)10-18(9-16)13-22/h4-5,16-19H,2-3,6-14H2,1H3,(H,23,25)/t16?,17?,18?,19-,22?/m0/s1. The normalized spacial score (nSPS) is 37.2. The van der Waals surface area contributed by atoms with Crippen LogP contribution < -0.4 is 5.32 Å². The third-order valence-electron chi connectivity index (χ3n) is 7.65. The molecular weight excluding hydrogens is 324 g/mol. The highest BCUT2D eigenvalue weighted by Crippen LogP contribution is 2.60. The van der Waals surface area contributed by atoms with Gasteiger partial charge in [0.1, 0.15) is 11.5 Å². The molecule has 1 atom stereocenters. The summed E-state index contributed by atoms with van der Waals surface area (Å²) in [6.45, 7) is 4.90. The first-order chi connectivity index (χ1) is 12.6. The lowest BCUT2D eigenvalue weighted by molar-refractivity contribution is -0.146. The molecule has 1 aromatic rings. The Bertz CT molecular complexity index is 638. The first-order valence-electron chi connectivity index (χ1n) is 10.7. The van der Waals surface area contributed by atoms with E-state index in [1.165, 1.54) is 32.1 Å². The van der Waals surface area contributed by atoms with E-state index in [9.17, 15) is 4.79 Å². The lowest BCUT2D eigenvalue weighted by Crippen LogP contribution is -2.54. The average molecular weight is 357 g/mol. The number of amides is 1. The number of nitrogens with zero attached hydrogens (tertiary/aromatic N) is 1. The molecule has 26 heavy (non-hydrogen) atoms. The number of likely N-dealkylation sites (tertiary alicyclic amines) is 1. The van der Waals surface area contributed by atoms with Crippen molar-refractivity contribution in [2.75, 3.05) is 19.6 Å². The van der Waals surface area contributed by atoms with E-state index in [1.54, 1.807) is 0 Å². The topological polar surface area (TPSA) is 45.5 Å². The Morgan fingerprint density at radius 2 is 1.77 bits per heavy atom. The summed E-state index contributed by atoms with van der Waals surface area (Å²) in [7, 11) is 0. The second-order valence-electron chi connectivity index (χ2n) is 9.62. The fourth-order valence-electron chi connectivity index (χ4n) is 6.86. The highest BCUT2D eigenvalue weighted by molar-refractivity contribution is 5.83. The highest BCUT2D eigenvalue weighted by atomic mass is 16.3. The minimum absolute atomic E-state index is 0.0522. The van der Waals surface area contributed by atoms with Gasteiger partial charge in [-0.25, -0.2) is 0 Å². The van der Waals surface area contributed by atoms with Crippen LogP contribution in [0.2, 0.25) is 0 Å². The van der Waals surface area contributed by atoms with E-state index in [0.29, 0.717) is 12.5 Å². The van der Waals surface area contributed by atoms with Gasteiger partial charge in [-0.05, 0) is 101 Å². The summed E-state index contributed by atoms with van der Waals surface area (Å²) < 4.78 is 5.95. The Kier molecular flexibility index (Phi) is 4.15. The monoisotopic (exact) mass is 356 g/mol. The van der Waals surface area contributed by atoms with Gasteiger partial charge in [0.05, 0.1) is 6.04 Å². The molecule has 1 amide bonds. The molecule has 1 aliphatic heterocycles. The van der Waals surface area contributed by atoms with Crippen LogP contribution in [-0.2, 0) is 4.79 Å². The summed E-state index contributed by atoms with van der Waals surface area (Å²) in [6, 6.07) is 4.32. The molecule has 1 N–H and O–H groups in total. The molecule has 0 aromatic carbocycles. The predicted octanol–water partition coefficient (Wildman–Crippen LogP) is 4.06. The largest absolute Gasteiger partial charge is 0.465 e. The van der Waals surface area contributed by atoms with E-state index in [-0.39, 0.29) is 11.5 Å². The maximum absolute atomic E-state index is 13.3. The molecule has 0 radical (unpaired) electrons. The molecule has 5 aliphatic rings. The van der Waals surface area contributed by atoms with E-state index in [2.05, 4.69) is 16.3 Å². The maximum Gasteiger partial charge on any atom is 0.226 e. The third-order valence-corrected chi connectivity index (χ3v) is 7.65. The summed E-state index contributed by atoms with van der Waals surface area (Å²) >= 11 is 0. The van der Waals surface area contributed by atoms with Crippen molar-refractivity contribution >= 4 is 5.91 Å². The summed E-state index contributed by atoms with van der Waals surface area (Å²) in [5.74, 6) is 4.74. The molecule has 142 valence electrons. The quantitative estimate of drug-likeness (QED) is 0.865. The smallest absolute Gasteiger partial charge is 0.226 e. The Morgan fingerprint density at radius 1 is 1.15 bits per heavy atom. The molecular formula is C22H32N2O2. The number of carbonyl (C=O) groups is 1. The zero-order valence-electron chi connectivity index (χ0n) is 16.0. The van der Waals surface area contributed by atoms with Crippen LogP contribution in [0.1, 0.15) is 68.9 Å². The SMILES string of the molecule is Cc1ccc([C@H](CNC(=O)C23CC4CC(CC(C4)C2)C3)N2CCCC2)o1. The Hall–Kier alpha value is -1.29. The van der Waals surface area contributed by atoms with Crippen LogP contribution >= 0.6 is 0 Å². The number of hydrogen-bond donors (Lipinski definition) is 1. The molecule has 2 heterocycles. The summed E-state index contributed by atoms with van der Waals surface area (Å²) in [5, 5.41) is 3.38. The minimum atomic E-state index is -0.0522. The fraction of sp³-hybridized carbons (Fsp3) is 0.773. The van der Waals surface area contributed by atoms with Gasteiger partial charge in [0, 0.05) is 12.0 Å². The summed E-state index contributed by atoms with van der Waals surface area (Å²) in [5.41, 5.74) is -0.0522. The van der Waals surface area contributed by atoms with Crippen molar-refractivity contribution in [3.05, 3.63) is 23.7 Å².